The number of carboxylic acid groups (broad SMARTS) is 1. The molecule has 3 amide bonds. The monoisotopic (exact) mass is 546 g/mol. The van der Waals surface area contributed by atoms with Gasteiger partial charge >= 0.3 is 18.2 Å². The Bertz CT molecular complexity index is 1230. The van der Waals surface area contributed by atoms with Crippen LogP contribution in [0.5, 0.6) is 11.8 Å². The number of carboxylic acids is 1. The minimum absolute atomic E-state index is 0.146. The maximum absolute atomic E-state index is 12.0. The van der Waals surface area contributed by atoms with E-state index in [1.165, 1.54) is 32.7 Å². The minimum atomic E-state index is -1.02. The van der Waals surface area contributed by atoms with Crippen molar-refractivity contribution in [2.45, 2.75) is 65.6 Å². The zero-order chi connectivity index (χ0) is 29.5. The van der Waals surface area contributed by atoms with Crippen LogP contribution in [0.2, 0.25) is 0 Å². The van der Waals surface area contributed by atoms with Gasteiger partial charge in [0.1, 0.15) is 11.2 Å². The highest BCUT2D eigenvalue weighted by Crippen LogP contribution is 2.31. The van der Waals surface area contributed by atoms with E-state index in [0.29, 0.717) is 22.7 Å². The van der Waals surface area contributed by atoms with Gasteiger partial charge in [0.15, 0.2) is 0 Å². The smallest absolute Gasteiger partial charge is 0.421 e. The van der Waals surface area contributed by atoms with Crippen LogP contribution in [0.25, 0.3) is 0 Å². The number of anilines is 2. The van der Waals surface area contributed by atoms with Crippen LogP contribution in [0.1, 0.15) is 52.7 Å². The van der Waals surface area contributed by atoms with Crippen molar-refractivity contribution < 1.29 is 43.2 Å². The lowest BCUT2D eigenvalue weighted by molar-refractivity contribution is -0.136. The zero-order valence-corrected chi connectivity index (χ0v) is 23.3. The molecule has 13 nitrogen and oxygen atoms in total. The topological polar surface area (TPSA) is 166 Å². The van der Waals surface area contributed by atoms with Gasteiger partial charge in [-0.1, -0.05) is 0 Å². The molecule has 212 valence electrons. The molecule has 3 rings (SSSR count). The van der Waals surface area contributed by atoms with E-state index in [-0.39, 0.29) is 30.3 Å². The van der Waals surface area contributed by atoms with E-state index in [1.807, 2.05) is 0 Å². The summed E-state index contributed by atoms with van der Waals surface area (Å²) in [5, 5.41) is 11.4. The first kappa shape index (κ1) is 30.8. The van der Waals surface area contributed by atoms with E-state index in [4.69, 9.17) is 24.1 Å². The van der Waals surface area contributed by atoms with Gasteiger partial charge < -0.3 is 24.1 Å². The van der Waals surface area contributed by atoms with Crippen molar-refractivity contribution in [3.05, 3.63) is 35.7 Å². The number of nitrogens with zero attached hydrogens (tertiary/aromatic N) is 3. The summed E-state index contributed by atoms with van der Waals surface area (Å²) in [6, 6.07) is 3.11. The Balaban J connectivity index is 0.000000274. The van der Waals surface area contributed by atoms with Crippen molar-refractivity contribution in [2.75, 3.05) is 24.4 Å². The Morgan fingerprint density at radius 3 is 2.05 bits per heavy atom. The zero-order valence-electron chi connectivity index (χ0n) is 23.3. The SMILES string of the molecule is COc1cc(CC(=O)O)c(NC(=O)OC(C)(C)C)cn1.COc1cc2c(cn1)N(C(=O)OC(C)(C)C)C(=O)C2. The number of carbonyl (C=O) groups excluding carboxylic acids is 3. The Hall–Kier alpha value is -4.42. The van der Waals surface area contributed by atoms with Crippen molar-refractivity contribution in [3.63, 3.8) is 0 Å². The van der Waals surface area contributed by atoms with Gasteiger partial charge in [-0.15, -0.1) is 0 Å². The molecule has 0 aliphatic carbocycles. The summed E-state index contributed by atoms with van der Waals surface area (Å²) in [5.74, 6) is -0.654. The fourth-order valence-corrected chi connectivity index (χ4v) is 3.23. The Kier molecular flexibility index (Phi) is 9.81. The molecule has 2 aromatic rings. The Morgan fingerprint density at radius 2 is 1.51 bits per heavy atom. The van der Waals surface area contributed by atoms with Crippen LogP contribution >= 0.6 is 0 Å². The summed E-state index contributed by atoms with van der Waals surface area (Å²) >= 11 is 0. The molecule has 39 heavy (non-hydrogen) atoms. The third-order valence-corrected chi connectivity index (χ3v) is 4.71. The highest BCUT2D eigenvalue weighted by atomic mass is 16.6. The maximum Gasteiger partial charge on any atom is 0.421 e. The van der Waals surface area contributed by atoms with Gasteiger partial charge in [0.05, 0.1) is 50.8 Å². The molecule has 0 fully saturated rings. The van der Waals surface area contributed by atoms with Gasteiger partial charge in [0.25, 0.3) is 0 Å². The van der Waals surface area contributed by atoms with Gasteiger partial charge in [-0.05, 0) is 52.7 Å². The largest absolute Gasteiger partial charge is 0.481 e. The lowest BCUT2D eigenvalue weighted by Gasteiger charge is -2.23. The number of nitrogens with one attached hydrogen (secondary N) is 1. The number of methoxy groups -OCH3 is 2. The molecule has 0 atom stereocenters. The summed E-state index contributed by atoms with van der Waals surface area (Å²) < 4.78 is 20.2. The van der Waals surface area contributed by atoms with Crippen LogP contribution < -0.4 is 19.7 Å². The predicted molar refractivity (Wildman–Crippen MR) is 140 cm³/mol. The first-order valence-corrected chi connectivity index (χ1v) is 11.9. The Morgan fingerprint density at radius 1 is 0.949 bits per heavy atom. The number of fused-ring (bicyclic) bond motifs is 1. The summed E-state index contributed by atoms with van der Waals surface area (Å²) in [6.45, 7) is 10.4. The molecule has 1 aliphatic rings. The van der Waals surface area contributed by atoms with Crippen molar-refractivity contribution >= 4 is 35.4 Å². The lowest BCUT2D eigenvalue weighted by atomic mass is 10.1. The molecule has 0 radical (unpaired) electrons. The number of hydrogen-bond acceptors (Lipinski definition) is 10. The van der Waals surface area contributed by atoms with E-state index >= 15 is 0 Å². The molecule has 0 unspecified atom stereocenters. The third-order valence-electron chi connectivity index (χ3n) is 4.71. The van der Waals surface area contributed by atoms with Crippen molar-refractivity contribution in [3.8, 4) is 11.8 Å². The molecule has 0 saturated carbocycles. The first-order valence-electron chi connectivity index (χ1n) is 11.9. The minimum Gasteiger partial charge on any atom is -0.481 e. The number of amides is 3. The van der Waals surface area contributed by atoms with Gasteiger partial charge in [0.2, 0.25) is 17.7 Å². The van der Waals surface area contributed by atoms with Gasteiger partial charge in [-0.3, -0.25) is 14.9 Å². The molecule has 0 spiro atoms. The van der Waals surface area contributed by atoms with Crippen LogP contribution in [0.3, 0.4) is 0 Å². The quantitative estimate of drug-likeness (QED) is 0.557. The fraction of sp³-hybridized carbons (Fsp3) is 0.462. The number of aliphatic carboxylic acids is 1. The van der Waals surface area contributed by atoms with Crippen molar-refractivity contribution in [1.82, 2.24) is 9.97 Å². The van der Waals surface area contributed by atoms with Gasteiger partial charge in [-0.2, -0.15) is 0 Å². The number of aromatic nitrogens is 2. The molecule has 0 aromatic carbocycles. The fourth-order valence-electron chi connectivity index (χ4n) is 3.23. The van der Waals surface area contributed by atoms with Gasteiger partial charge in [0, 0.05) is 12.1 Å². The van der Waals surface area contributed by atoms with Gasteiger partial charge in [-0.25, -0.2) is 24.5 Å². The number of rotatable bonds is 5. The molecular weight excluding hydrogens is 512 g/mol. The van der Waals surface area contributed by atoms with E-state index < -0.39 is 29.4 Å². The molecule has 0 bridgehead atoms. The Labute approximate surface area is 226 Å². The average molecular weight is 547 g/mol. The van der Waals surface area contributed by atoms with E-state index in [9.17, 15) is 19.2 Å². The maximum atomic E-state index is 12.0. The van der Waals surface area contributed by atoms with Crippen LogP contribution in [0.4, 0.5) is 21.0 Å². The standard InChI is InChI=1S/C13H18N2O5.C13H16N2O4/c1-13(2,3)20-12(18)15-9-7-14-10(19-4)5-8(9)6-11(16)17;1-13(2,3)19-12(17)15-9-7-14-10(18-4)5-8(9)6-11(15)16/h5,7H,6H2,1-4H3,(H,15,18)(H,16,17);5,7H,6H2,1-4H3. The molecule has 2 N–H and O–H groups in total. The highest BCUT2D eigenvalue weighted by molar-refractivity contribution is 6.17. The predicted octanol–water partition coefficient (Wildman–Crippen LogP) is 3.98. The summed E-state index contributed by atoms with van der Waals surface area (Å²) in [7, 11) is 2.92. The molecule has 3 heterocycles. The second-order valence-corrected chi connectivity index (χ2v) is 10.3. The molecule has 1 aliphatic heterocycles. The second-order valence-electron chi connectivity index (χ2n) is 10.3. The van der Waals surface area contributed by atoms with E-state index in [2.05, 4.69) is 15.3 Å². The van der Waals surface area contributed by atoms with Crippen LogP contribution in [0.15, 0.2) is 24.5 Å². The number of imide groups is 1. The number of hydrogen-bond donors (Lipinski definition) is 2. The average Bonchev–Trinajstić information content (AvgIpc) is 3.12. The van der Waals surface area contributed by atoms with Crippen LogP contribution in [0, 0.1) is 0 Å². The number of pyridine rings is 2. The third kappa shape index (κ3) is 9.43. The second kappa shape index (κ2) is 12.4. The number of ether oxygens (including phenoxy) is 4. The van der Waals surface area contributed by atoms with Crippen molar-refractivity contribution in [1.29, 1.82) is 0 Å². The highest BCUT2D eigenvalue weighted by Gasteiger charge is 2.36. The lowest BCUT2D eigenvalue weighted by Crippen LogP contribution is -2.38. The van der Waals surface area contributed by atoms with Crippen LogP contribution in [-0.4, -0.2) is 64.6 Å². The first-order chi connectivity index (χ1) is 18.0. The summed E-state index contributed by atoms with van der Waals surface area (Å²) in [5.41, 5.74) is 0.539. The van der Waals surface area contributed by atoms with E-state index in [0.717, 1.165) is 4.90 Å². The normalized spacial score (nSPS) is 12.5. The molecule has 0 saturated heterocycles. The summed E-state index contributed by atoms with van der Waals surface area (Å²) in [4.78, 5) is 55.4. The van der Waals surface area contributed by atoms with Crippen LogP contribution in [-0.2, 0) is 31.9 Å². The van der Waals surface area contributed by atoms with Crippen molar-refractivity contribution in [2.24, 2.45) is 0 Å². The molecule has 2 aromatic heterocycles. The molecule has 13 heteroatoms. The number of carbonyl (C=O) groups is 4. The summed E-state index contributed by atoms with van der Waals surface area (Å²) in [6.07, 6.45) is 1.32. The molecular formula is C26H34N4O9. The van der Waals surface area contributed by atoms with E-state index in [1.54, 1.807) is 47.6 Å².